The van der Waals surface area contributed by atoms with Gasteiger partial charge in [-0.3, -0.25) is 4.79 Å². The average molecular weight is 282 g/mol. The number of aryl methyl sites for hydroxylation is 1. The number of unbranched alkanes of at least 4 members (excludes halogenated alkanes) is 1. The SMILES string of the molecule is CCOC(=O)CCCCc1ccccc1-c1ccccc1. The van der Waals surface area contributed by atoms with Crippen LogP contribution in [0.1, 0.15) is 31.7 Å². The van der Waals surface area contributed by atoms with Crippen LogP contribution in [-0.2, 0) is 16.0 Å². The summed E-state index contributed by atoms with van der Waals surface area (Å²) in [6.07, 6.45) is 3.39. The summed E-state index contributed by atoms with van der Waals surface area (Å²) in [7, 11) is 0. The van der Waals surface area contributed by atoms with E-state index in [-0.39, 0.29) is 5.97 Å². The Morgan fingerprint density at radius 1 is 0.952 bits per heavy atom. The largest absolute Gasteiger partial charge is 0.466 e. The minimum atomic E-state index is -0.0890. The van der Waals surface area contributed by atoms with Crippen LogP contribution in [0.15, 0.2) is 54.6 Å². The Morgan fingerprint density at radius 2 is 1.67 bits per heavy atom. The number of carbonyl (C=O) groups excluding carboxylic acids is 1. The molecule has 0 fully saturated rings. The normalized spacial score (nSPS) is 10.3. The molecule has 0 atom stereocenters. The second kappa shape index (κ2) is 8.25. The Hall–Kier alpha value is -2.09. The van der Waals surface area contributed by atoms with Crippen LogP contribution < -0.4 is 0 Å². The fourth-order valence-corrected chi connectivity index (χ4v) is 2.46. The predicted octanol–water partition coefficient (Wildman–Crippen LogP) is 4.63. The smallest absolute Gasteiger partial charge is 0.305 e. The lowest BCUT2D eigenvalue weighted by molar-refractivity contribution is -0.143. The minimum Gasteiger partial charge on any atom is -0.466 e. The maximum absolute atomic E-state index is 11.3. The molecular weight excluding hydrogens is 260 g/mol. The zero-order valence-electron chi connectivity index (χ0n) is 12.5. The van der Waals surface area contributed by atoms with Gasteiger partial charge in [0.1, 0.15) is 0 Å². The highest BCUT2D eigenvalue weighted by Crippen LogP contribution is 2.24. The van der Waals surface area contributed by atoms with E-state index in [9.17, 15) is 4.79 Å². The predicted molar refractivity (Wildman–Crippen MR) is 86.1 cm³/mol. The van der Waals surface area contributed by atoms with Crippen LogP contribution in [0.4, 0.5) is 0 Å². The van der Waals surface area contributed by atoms with Crippen molar-refractivity contribution in [1.29, 1.82) is 0 Å². The van der Waals surface area contributed by atoms with Crippen LogP contribution in [-0.4, -0.2) is 12.6 Å². The molecule has 2 aromatic carbocycles. The highest BCUT2D eigenvalue weighted by molar-refractivity contribution is 5.69. The molecule has 21 heavy (non-hydrogen) atoms. The third-order valence-corrected chi connectivity index (χ3v) is 3.48. The molecule has 0 bridgehead atoms. The number of benzene rings is 2. The van der Waals surface area contributed by atoms with Crippen molar-refractivity contribution in [3.05, 3.63) is 60.2 Å². The van der Waals surface area contributed by atoms with E-state index in [1.54, 1.807) is 0 Å². The molecule has 0 aromatic heterocycles. The lowest BCUT2D eigenvalue weighted by Crippen LogP contribution is -2.03. The van der Waals surface area contributed by atoms with E-state index in [0.717, 1.165) is 19.3 Å². The molecule has 0 unspecified atom stereocenters. The van der Waals surface area contributed by atoms with Gasteiger partial charge in [0.15, 0.2) is 0 Å². The summed E-state index contributed by atoms with van der Waals surface area (Å²) in [5, 5.41) is 0. The number of hydrogen-bond donors (Lipinski definition) is 0. The summed E-state index contributed by atoms with van der Waals surface area (Å²) in [5.41, 5.74) is 3.88. The third kappa shape index (κ3) is 4.75. The number of esters is 1. The maximum atomic E-state index is 11.3. The van der Waals surface area contributed by atoms with Crippen molar-refractivity contribution in [2.45, 2.75) is 32.6 Å². The van der Waals surface area contributed by atoms with Crippen LogP contribution in [0.5, 0.6) is 0 Å². The van der Waals surface area contributed by atoms with Crippen molar-refractivity contribution in [2.75, 3.05) is 6.61 Å². The van der Waals surface area contributed by atoms with Crippen LogP contribution in [0, 0.1) is 0 Å². The molecule has 0 saturated heterocycles. The molecule has 2 nitrogen and oxygen atoms in total. The van der Waals surface area contributed by atoms with E-state index in [1.807, 2.05) is 13.0 Å². The molecule has 0 radical (unpaired) electrons. The Balaban J connectivity index is 1.94. The molecule has 2 aromatic rings. The van der Waals surface area contributed by atoms with E-state index in [0.29, 0.717) is 13.0 Å². The van der Waals surface area contributed by atoms with E-state index >= 15 is 0 Å². The van der Waals surface area contributed by atoms with E-state index in [2.05, 4.69) is 48.5 Å². The lowest BCUT2D eigenvalue weighted by atomic mass is 9.96. The molecule has 0 saturated carbocycles. The summed E-state index contributed by atoms with van der Waals surface area (Å²) in [6.45, 7) is 2.31. The minimum absolute atomic E-state index is 0.0890. The van der Waals surface area contributed by atoms with Crippen molar-refractivity contribution < 1.29 is 9.53 Å². The quantitative estimate of drug-likeness (QED) is 0.546. The van der Waals surface area contributed by atoms with Crippen molar-refractivity contribution >= 4 is 5.97 Å². The van der Waals surface area contributed by atoms with Gasteiger partial charge in [-0.2, -0.15) is 0 Å². The summed E-state index contributed by atoms with van der Waals surface area (Å²) >= 11 is 0. The second-order valence-corrected chi connectivity index (χ2v) is 5.04. The summed E-state index contributed by atoms with van der Waals surface area (Å²) < 4.78 is 4.95. The van der Waals surface area contributed by atoms with Crippen LogP contribution >= 0.6 is 0 Å². The molecule has 0 aliphatic rings. The topological polar surface area (TPSA) is 26.3 Å². The first-order chi connectivity index (χ1) is 10.3. The summed E-state index contributed by atoms with van der Waals surface area (Å²) in [4.78, 5) is 11.3. The van der Waals surface area contributed by atoms with Crippen LogP contribution in [0.2, 0.25) is 0 Å². The van der Waals surface area contributed by atoms with E-state index in [1.165, 1.54) is 16.7 Å². The molecular formula is C19H22O2. The fraction of sp³-hybridized carbons (Fsp3) is 0.316. The Kier molecular flexibility index (Phi) is 6.01. The molecule has 0 N–H and O–H groups in total. The van der Waals surface area contributed by atoms with Gasteiger partial charge in [0.05, 0.1) is 6.61 Å². The Morgan fingerprint density at radius 3 is 2.43 bits per heavy atom. The fourth-order valence-electron chi connectivity index (χ4n) is 2.46. The first-order valence-electron chi connectivity index (χ1n) is 7.60. The molecule has 0 aliphatic heterocycles. The molecule has 0 spiro atoms. The maximum Gasteiger partial charge on any atom is 0.305 e. The first kappa shape index (κ1) is 15.3. The number of carbonyl (C=O) groups is 1. The zero-order chi connectivity index (χ0) is 14.9. The van der Waals surface area contributed by atoms with Gasteiger partial charge in [-0.1, -0.05) is 54.6 Å². The van der Waals surface area contributed by atoms with Gasteiger partial charge in [-0.25, -0.2) is 0 Å². The van der Waals surface area contributed by atoms with Gasteiger partial charge >= 0.3 is 5.97 Å². The second-order valence-electron chi connectivity index (χ2n) is 5.04. The lowest BCUT2D eigenvalue weighted by Gasteiger charge is -2.09. The third-order valence-electron chi connectivity index (χ3n) is 3.48. The summed E-state index contributed by atoms with van der Waals surface area (Å²) in [6, 6.07) is 18.9. The molecule has 0 amide bonds. The van der Waals surface area contributed by atoms with Crippen LogP contribution in [0.25, 0.3) is 11.1 Å². The highest BCUT2D eigenvalue weighted by Gasteiger charge is 2.05. The zero-order valence-corrected chi connectivity index (χ0v) is 12.5. The first-order valence-corrected chi connectivity index (χ1v) is 7.60. The molecule has 2 heteroatoms. The molecule has 0 aliphatic carbocycles. The van der Waals surface area contributed by atoms with Gasteiger partial charge in [0, 0.05) is 6.42 Å². The van der Waals surface area contributed by atoms with Gasteiger partial charge in [-0.05, 0) is 42.9 Å². The Bertz CT molecular complexity index is 561. The van der Waals surface area contributed by atoms with Crippen LogP contribution in [0.3, 0.4) is 0 Å². The summed E-state index contributed by atoms with van der Waals surface area (Å²) in [5.74, 6) is -0.0890. The van der Waals surface area contributed by atoms with Gasteiger partial charge in [0.2, 0.25) is 0 Å². The highest BCUT2D eigenvalue weighted by atomic mass is 16.5. The van der Waals surface area contributed by atoms with Crippen molar-refractivity contribution in [3.8, 4) is 11.1 Å². The number of rotatable bonds is 7. The standard InChI is InChI=1S/C19H22O2/c1-2-21-19(20)15-9-7-13-17-12-6-8-14-18(17)16-10-4-3-5-11-16/h3-6,8,10-12,14H,2,7,9,13,15H2,1H3. The average Bonchev–Trinajstić information content (AvgIpc) is 2.53. The molecule has 110 valence electrons. The molecule has 0 heterocycles. The van der Waals surface area contributed by atoms with E-state index in [4.69, 9.17) is 4.74 Å². The van der Waals surface area contributed by atoms with Gasteiger partial charge in [-0.15, -0.1) is 0 Å². The van der Waals surface area contributed by atoms with E-state index < -0.39 is 0 Å². The van der Waals surface area contributed by atoms with Gasteiger partial charge in [0.25, 0.3) is 0 Å². The number of ether oxygens (including phenoxy) is 1. The van der Waals surface area contributed by atoms with Crippen molar-refractivity contribution in [2.24, 2.45) is 0 Å². The monoisotopic (exact) mass is 282 g/mol. The van der Waals surface area contributed by atoms with Gasteiger partial charge < -0.3 is 4.74 Å². The Labute approximate surface area is 126 Å². The number of hydrogen-bond acceptors (Lipinski definition) is 2. The van der Waals surface area contributed by atoms with Crippen molar-refractivity contribution in [3.63, 3.8) is 0 Å². The van der Waals surface area contributed by atoms with Crippen molar-refractivity contribution in [1.82, 2.24) is 0 Å². The molecule has 2 rings (SSSR count).